The number of benzene rings is 1. The molecular formula is C25H30ClF2N5O2. The van der Waals surface area contributed by atoms with E-state index in [2.05, 4.69) is 15.5 Å². The molecule has 1 atom stereocenters. The normalized spacial score (nSPS) is 18.3. The molecule has 2 aromatic heterocycles. The summed E-state index contributed by atoms with van der Waals surface area (Å²) in [6.07, 6.45) is 0.270. The standard InChI is InChI=1S/C25H30ClF2N5O2/c1-13(2)11-33-9-8-20(25(27,28)12-33)29-23-14(3)22(21-15(4)32-35-16(21)5)30-24(31-23)18-10-17(34)6-7-19(18)26/h6-7,10,13,20,34H,8-9,11-12H2,1-5H3,(H,29,30,31). The number of aryl methyl sites for hydroxylation is 2. The highest BCUT2D eigenvalue weighted by molar-refractivity contribution is 6.33. The Morgan fingerprint density at radius 2 is 2.00 bits per heavy atom. The number of hydrogen-bond acceptors (Lipinski definition) is 7. The minimum Gasteiger partial charge on any atom is -0.508 e. The zero-order chi connectivity index (χ0) is 25.5. The third-order valence-electron chi connectivity index (χ3n) is 6.22. The van der Waals surface area contributed by atoms with Crippen molar-refractivity contribution in [3.8, 4) is 28.4 Å². The Balaban J connectivity index is 1.78. The average molecular weight is 506 g/mol. The van der Waals surface area contributed by atoms with E-state index in [0.29, 0.717) is 57.9 Å². The van der Waals surface area contributed by atoms with E-state index in [1.807, 2.05) is 18.7 Å². The number of piperidine rings is 1. The molecule has 1 unspecified atom stereocenters. The topological polar surface area (TPSA) is 87.3 Å². The van der Waals surface area contributed by atoms with Crippen molar-refractivity contribution in [2.45, 2.75) is 53.0 Å². The summed E-state index contributed by atoms with van der Waals surface area (Å²) in [4.78, 5) is 11.1. The third kappa shape index (κ3) is 5.26. The molecular weight excluding hydrogens is 476 g/mol. The smallest absolute Gasteiger partial charge is 0.280 e. The number of halogens is 3. The summed E-state index contributed by atoms with van der Waals surface area (Å²) in [7, 11) is 0. The molecule has 2 N–H and O–H groups in total. The maximum Gasteiger partial charge on any atom is 0.280 e. The zero-order valence-corrected chi connectivity index (χ0v) is 21.2. The number of aromatic hydroxyl groups is 1. The highest BCUT2D eigenvalue weighted by atomic mass is 35.5. The number of rotatable bonds is 6. The highest BCUT2D eigenvalue weighted by Gasteiger charge is 2.45. The van der Waals surface area contributed by atoms with Crippen LogP contribution >= 0.6 is 11.6 Å². The fourth-order valence-electron chi connectivity index (χ4n) is 4.55. The molecule has 0 aliphatic carbocycles. The van der Waals surface area contributed by atoms with E-state index in [0.717, 1.165) is 0 Å². The van der Waals surface area contributed by atoms with Crippen LogP contribution in [0.3, 0.4) is 0 Å². The van der Waals surface area contributed by atoms with E-state index in [-0.39, 0.29) is 30.4 Å². The first-order valence-electron chi connectivity index (χ1n) is 11.6. The largest absolute Gasteiger partial charge is 0.508 e. The number of nitrogens with zero attached hydrogens (tertiary/aromatic N) is 4. The quantitative estimate of drug-likeness (QED) is 0.433. The molecule has 4 rings (SSSR count). The molecule has 0 spiro atoms. The first-order chi connectivity index (χ1) is 16.5. The minimum atomic E-state index is -2.95. The van der Waals surface area contributed by atoms with Crippen molar-refractivity contribution in [2.75, 3.05) is 25.0 Å². The second kappa shape index (κ2) is 9.70. The van der Waals surface area contributed by atoms with E-state index in [1.54, 1.807) is 20.8 Å². The van der Waals surface area contributed by atoms with Gasteiger partial charge in [-0.2, -0.15) is 0 Å². The Kier molecular flexibility index (Phi) is 7.02. The predicted molar refractivity (Wildman–Crippen MR) is 132 cm³/mol. The van der Waals surface area contributed by atoms with Crippen LogP contribution in [-0.2, 0) is 0 Å². The number of hydrogen-bond donors (Lipinski definition) is 2. The van der Waals surface area contributed by atoms with E-state index < -0.39 is 12.0 Å². The lowest BCUT2D eigenvalue weighted by Gasteiger charge is -2.39. The molecule has 0 radical (unpaired) electrons. The monoisotopic (exact) mass is 505 g/mol. The summed E-state index contributed by atoms with van der Waals surface area (Å²) in [5, 5.41) is 17.4. The van der Waals surface area contributed by atoms with Gasteiger partial charge in [0, 0.05) is 24.2 Å². The van der Waals surface area contributed by atoms with Crippen LogP contribution in [0.25, 0.3) is 22.6 Å². The summed E-state index contributed by atoms with van der Waals surface area (Å²) in [6.45, 7) is 10.3. The zero-order valence-electron chi connectivity index (χ0n) is 20.5. The van der Waals surface area contributed by atoms with E-state index in [4.69, 9.17) is 21.1 Å². The van der Waals surface area contributed by atoms with Crippen molar-refractivity contribution in [1.29, 1.82) is 0 Å². The molecule has 188 valence electrons. The number of phenols is 1. The Labute approximate surface area is 208 Å². The number of alkyl halides is 2. The van der Waals surface area contributed by atoms with Gasteiger partial charge in [0.15, 0.2) is 5.82 Å². The van der Waals surface area contributed by atoms with Crippen molar-refractivity contribution in [1.82, 2.24) is 20.0 Å². The number of likely N-dealkylation sites (tertiary alicyclic amines) is 1. The summed E-state index contributed by atoms with van der Waals surface area (Å²) in [5.41, 5.74) is 2.79. The molecule has 1 aliphatic rings. The van der Waals surface area contributed by atoms with Gasteiger partial charge in [0.1, 0.15) is 17.3 Å². The lowest BCUT2D eigenvalue weighted by atomic mass is 9.98. The van der Waals surface area contributed by atoms with Crippen molar-refractivity contribution < 1.29 is 18.4 Å². The van der Waals surface area contributed by atoms with E-state index >= 15 is 8.78 Å². The maximum atomic E-state index is 15.2. The second-order valence-electron chi connectivity index (χ2n) is 9.61. The van der Waals surface area contributed by atoms with Crippen LogP contribution < -0.4 is 5.32 Å². The number of anilines is 1. The Morgan fingerprint density at radius 1 is 1.26 bits per heavy atom. The molecule has 1 saturated heterocycles. The van der Waals surface area contributed by atoms with E-state index in [1.165, 1.54) is 18.2 Å². The number of phenolic OH excluding ortho intramolecular Hbond substituents is 1. The van der Waals surface area contributed by atoms with Gasteiger partial charge in [-0.1, -0.05) is 30.6 Å². The van der Waals surface area contributed by atoms with Crippen LogP contribution in [0.5, 0.6) is 5.75 Å². The first kappa shape index (κ1) is 25.3. The summed E-state index contributed by atoms with van der Waals surface area (Å²) in [6, 6.07) is 3.35. The SMILES string of the molecule is Cc1noc(C)c1-c1nc(-c2cc(O)ccc2Cl)nc(NC2CCN(CC(C)C)CC2(F)F)c1C. The fourth-order valence-corrected chi connectivity index (χ4v) is 4.75. The number of nitrogens with one attached hydrogen (secondary N) is 1. The summed E-state index contributed by atoms with van der Waals surface area (Å²) in [5.74, 6) is -1.61. The molecule has 0 bridgehead atoms. The molecule has 7 nitrogen and oxygen atoms in total. The highest BCUT2D eigenvalue weighted by Crippen LogP contribution is 2.37. The van der Waals surface area contributed by atoms with Gasteiger partial charge in [0.25, 0.3) is 5.92 Å². The van der Waals surface area contributed by atoms with Gasteiger partial charge in [0.2, 0.25) is 0 Å². The van der Waals surface area contributed by atoms with Crippen LogP contribution in [0.1, 0.15) is 37.3 Å². The van der Waals surface area contributed by atoms with Gasteiger partial charge in [-0.25, -0.2) is 18.7 Å². The van der Waals surface area contributed by atoms with Gasteiger partial charge < -0.3 is 14.9 Å². The molecule has 0 amide bonds. The predicted octanol–water partition coefficient (Wildman–Crippen LogP) is 5.86. The van der Waals surface area contributed by atoms with Gasteiger partial charge >= 0.3 is 0 Å². The summed E-state index contributed by atoms with van der Waals surface area (Å²) >= 11 is 6.39. The van der Waals surface area contributed by atoms with E-state index in [9.17, 15) is 5.11 Å². The van der Waals surface area contributed by atoms with Crippen molar-refractivity contribution in [2.24, 2.45) is 5.92 Å². The van der Waals surface area contributed by atoms with Gasteiger partial charge in [-0.3, -0.25) is 4.90 Å². The number of aromatic nitrogens is 3. The Bertz CT molecular complexity index is 1210. The fraction of sp³-hybridized carbons (Fsp3) is 0.480. The molecule has 1 aromatic carbocycles. The molecule has 1 aliphatic heterocycles. The summed E-state index contributed by atoms with van der Waals surface area (Å²) < 4.78 is 35.7. The van der Waals surface area contributed by atoms with Crippen LogP contribution in [0.4, 0.5) is 14.6 Å². The molecule has 0 saturated carbocycles. The van der Waals surface area contributed by atoms with Crippen LogP contribution in [0.15, 0.2) is 22.7 Å². The van der Waals surface area contributed by atoms with Crippen molar-refractivity contribution in [3.05, 3.63) is 40.2 Å². The lowest BCUT2D eigenvalue weighted by molar-refractivity contribution is -0.0758. The Hall–Kier alpha value is -2.78. The van der Waals surface area contributed by atoms with Crippen LogP contribution in [0, 0.1) is 26.7 Å². The van der Waals surface area contributed by atoms with Gasteiger partial charge in [0.05, 0.1) is 34.6 Å². The molecule has 3 heterocycles. The van der Waals surface area contributed by atoms with Crippen LogP contribution in [0.2, 0.25) is 5.02 Å². The Morgan fingerprint density at radius 3 is 2.63 bits per heavy atom. The first-order valence-corrected chi connectivity index (χ1v) is 12.0. The van der Waals surface area contributed by atoms with Crippen LogP contribution in [-0.4, -0.2) is 56.7 Å². The molecule has 3 aromatic rings. The van der Waals surface area contributed by atoms with Gasteiger partial charge in [-0.15, -0.1) is 0 Å². The molecule has 1 fully saturated rings. The third-order valence-corrected chi connectivity index (χ3v) is 6.55. The molecule has 10 heteroatoms. The van der Waals surface area contributed by atoms with Gasteiger partial charge in [-0.05, 0) is 51.3 Å². The average Bonchev–Trinajstić information content (AvgIpc) is 3.10. The van der Waals surface area contributed by atoms with Crippen molar-refractivity contribution in [3.63, 3.8) is 0 Å². The maximum absolute atomic E-state index is 15.2. The molecule has 35 heavy (non-hydrogen) atoms. The minimum absolute atomic E-state index is 0.00830. The lowest BCUT2D eigenvalue weighted by Crippen LogP contribution is -2.55. The van der Waals surface area contributed by atoms with Crippen molar-refractivity contribution >= 4 is 17.4 Å². The second-order valence-corrected chi connectivity index (χ2v) is 10.0.